The van der Waals surface area contributed by atoms with Gasteiger partial charge >= 0.3 is 0 Å². The molecule has 1 amide bonds. The van der Waals surface area contributed by atoms with E-state index in [0.717, 1.165) is 0 Å². The summed E-state index contributed by atoms with van der Waals surface area (Å²) in [6.45, 7) is 1.75. The predicted octanol–water partition coefficient (Wildman–Crippen LogP) is 5.14. The summed E-state index contributed by atoms with van der Waals surface area (Å²) in [5, 5.41) is 12.3. The first-order valence-electron chi connectivity index (χ1n) is 8.41. The van der Waals surface area contributed by atoms with E-state index in [2.05, 4.69) is 5.32 Å². The van der Waals surface area contributed by atoms with Gasteiger partial charge in [0, 0.05) is 18.0 Å². The molecule has 0 radical (unpaired) electrons. The molecule has 28 heavy (non-hydrogen) atoms. The maximum atomic E-state index is 13.5. The highest BCUT2D eigenvalue weighted by Gasteiger charge is 2.19. The van der Waals surface area contributed by atoms with Crippen LogP contribution >= 0.6 is 11.6 Å². The third kappa shape index (κ3) is 4.07. The van der Waals surface area contributed by atoms with Crippen LogP contribution in [0.1, 0.15) is 24.6 Å². The fraction of sp³-hybridized carbons (Fsp3) is 0.200. The lowest BCUT2D eigenvalue weighted by atomic mass is 10.1. The van der Waals surface area contributed by atoms with Crippen LogP contribution in [0, 0.1) is 11.3 Å². The van der Waals surface area contributed by atoms with E-state index in [1.807, 2.05) is 6.07 Å². The lowest BCUT2D eigenvalue weighted by Crippen LogP contribution is -2.11. The van der Waals surface area contributed by atoms with Crippen molar-refractivity contribution in [2.75, 3.05) is 11.9 Å². The van der Waals surface area contributed by atoms with Crippen LogP contribution in [0.4, 0.5) is 14.5 Å². The smallest absolute Gasteiger partial charge is 0.278 e. The van der Waals surface area contributed by atoms with Gasteiger partial charge in [0.15, 0.2) is 0 Å². The number of fused-ring (bicyclic) bond motifs is 1. The molecule has 0 fully saturated rings. The molecule has 1 aromatic heterocycles. The number of aromatic nitrogens is 1. The summed E-state index contributed by atoms with van der Waals surface area (Å²) in [6.07, 6.45) is -2.69. The number of alkyl halides is 2. The topological polar surface area (TPSA) is 67.0 Å². The van der Waals surface area contributed by atoms with Crippen molar-refractivity contribution in [3.05, 3.63) is 58.7 Å². The van der Waals surface area contributed by atoms with Gasteiger partial charge in [0.2, 0.25) is 5.91 Å². The number of nitriles is 1. The van der Waals surface area contributed by atoms with Gasteiger partial charge in [-0.15, -0.1) is 0 Å². The van der Waals surface area contributed by atoms with Gasteiger partial charge in [-0.1, -0.05) is 11.6 Å². The third-order valence-corrected chi connectivity index (χ3v) is 4.56. The maximum absolute atomic E-state index is 13.5. The summed E-state index contributed by atoms with van der Waals surface area (Å²) in [5.41, 5.74) is 1.21. The normalized spacial score (nSPS) is 10.9. The number of anilines is 1. The molecule has 1 heterocycles. The average molecular weight is 404 g/mol. The minimum absolute atomic E-state index is 0.153. The molecule has 0 aliphatic rings. The summed E-state index contributed by atoms with van der Waals surface area (Å²) < 4.78 is 34.0. The lowest BCUT2D eigenvalue weighted by Gasteiger charge is -2.12. The van der Waals surface area contributed by atoms with Gasteiger partial charge in [0.1, 0.15) is 18.4 Å². The highest BCUT2D eigenvalue weighted by molar-refractivity contribution is 6.36. The Morgan fingerprint density at radius 3 is 2.61 bits per heavy atom. The highest BCUT2D eigenvalue weighted by atomic mass is 35.5. The Bertz CT molecular complexity index is 1060. The van der Waals surface area contributed by atoms with Crippen LogP contribution in [-0.4, -0.2) is 17.1 Å². The van der Waals surface area contributed by atoms with Gasteiger partial charge in [-0.3, -0.25) is 4.79 Å². The molecule has 0 spiro atoms. The van der Waals surface area contributed by atoms with Crippen LogP contribution in [-0.2, 0) is 11.3 Å². The molecule has 0 saturated carbocycles. The van der Waals surface area contributed by atoms with Crippen molar-refractivity contribution in [2.45, 2.75) is 19.9 Å². The van der Waals surface area contributed by atoms with Crippen molar-refractivity contribution in [1.82, 2.24) is 4.57 Å². The van der Waals surface area contributed by atoms with E-state index in [-0.39, 0.29) is 35.3 Å². The third-order valence-electron chi connectivity index (χ3n) is 4.15. The van der Waals surface area contributed by atoms with Crippen LogP contribution in [0.15, 0.2) is 42.5 Å². The van der Waals surface area contributed by atoms with Crippen molar-refractivity contribution in [1.29, 1.82) is 5.26 Å². The van der Waals surface area contributed by atoms with E-state index < -0.39 is 6.43 Å². The molecule has 3 aromatic rings. The van der Waals surface area contributed by atoms with Crippen molar-refractivity contribution >= 4 is 34.1 Å². The molecule has 3 rings (SSSR count). The number of ether oxygens (including phenoxy) is 1. The molecule has 0 aliphatic carbocycles. The predicted molar refractivity (Wildman–Crippen MR) is 103 cm³/mol. The van der Waals surface area contributed by atoms with Crippen molar-refractivity contribution in [2.24, 2.45) is 0 Å². The second-order valence-corrected chi connectivity index (χ2v) is 6.43. The van der Waals surface area contributed by atoms with Gasteiger partial charge in [0.05, 0.1) is 28.3 Å². The standard InChI is InChI=1S/C20H16ClF2N3O2/c1-12(27)25-14-3-5-15(6-4-14)28-9-8-26-17-7-2-13(11-24)19(21)16(17)10-18(26)20(22)23/h2-7,10,20H,8-9H2,1H3,(H,25,27). The molecule has 0 unspecified atom stereocenters. The first kappa shape index (κ1) is 19.6. The number of hydrogen-bond donors (Lipinski definition) is 1. The number of halogens is 3. The number of nitrogens with one attached hydrogen (secondary N) is 1. The first-order valence-corrected chi connectivity index (χ1v) is 8.79. The molecule has 0 aliphatic heterocycles. The van der Waals surface area contributed by atoms with Crippen LogP contribution in [0.25, 0.3) is 10.9 Å². The van der Waals surface area contributed by atoms with Crippen LogP contribution in [0.5, 0.6) is 5.75 Å². The highest BCUT2D eigenvalue weighted by Crippen LogP contribution is 2.33. The second-order valence-electron chi connectivity index (χ2n) is 6.05. The van der Waals surface area contributed by atoms with Gasteiger partial charge < -0.3 is 14.6 Å². The number of carbonyl (C=O) groups excluding carboxylic acids is 1. The Morgan fingerprint density at radius 2 is 2.00 bits per heavy atom. The zero-order valence-electron chi connectivity index (χ0n) is 14.9. The first-order chi connectivity index (χ1) is 13.4. The number of amides is 1. The van der Waals surface area contributed by atoms with Gasteiger partial charge in [-0.25, -0.2) is 8.78 Å². The van der Waals surface area contributed by atoms with E-state index in [4.69, 9.17) is 21.6 Å². The Balaban J connectivity index is 1.78. The maximum Gasteiger partial charge on any atom is 0.278 e. The largest absolute Gasteiger partial charge is 0.492 e. The Kier molecular flexibility index (Phi) is 5.81. The summed E-state index contributed by atoms with van der Waals surface area (Å²) in [5.74, 6) is 0.375. The van der Waals surface area contributed by atoms with E-state index in [0.29, 0.717) is 22.3 Å². The zero-order valence-corrected chi connectivity index (χ0v) is 15.6. The number of hydrogen-bond acceptors (Lipinski definition) is 3. The number of benzene rings is 2. The van der Waals surface area contributed by atoms with Crippen LogP contribution < -0.4 is 10.1 Å². The van der Waals surface area contributed by atoms with E-state index in [1.54, 1.807) is 30.3 Å². The molecule has 5 nitrogen and oxygen atoms in total. The Hall–Kier alpha value is -3.11. The minimum atomic E-state index is -2.69. The van der Waals surface area contributed by atoms with E-state index in [1.165, 1.54) is 23.6 Å². The molecule has 1 N–H and O–H groups in total. The quantitative estimate of drug-likeness (QED) is 0.619. The lowest BCUT2D eigenvalue weighted by molar-refractivity contribution is -0.114. The Labute approximate surface area is 165 Å². The van der Waals surface area contributed by atoms with Gasteiger partial charge in [-0.2, -0.15) is 5.26 Å². The summed E-state index contributed by atoms with van der Waals surface area (Å²) >= 11 is 6.17. The fourth-order valence-electron chi connectivity index (χ4n) is 2.93. The molecule has 144 valence electrons. The zero-order chi connectivity index (χ0) is 20.3. The molecular formula is C20H16ClF2N3O2. The monoisotopic (exact) mass is 403 g/mol. The van der Waals surface area contributed by atoms with Crippen LogP contribution in [0.2, 0.25) is 5.02 Å². The molecule has 0 atom stereocenters. The average Bonchev–Trinajstić information content (AvgIpc) is 3.03. The molecule has 0 saturated heterocycles. The molecule has 0 bridgehead atoms. The number of nitrogens with zero attached hydrogens (tertiary/aromatic N) is 2. The molecule has 2 aromatic carbocycles. The van der Waals surface area contributed by atoms with Crippen molar-refractivity contribution < 1.29 is 18.3 Å². The molecular weight excluding hydrogens is 388 g/mol. The minimum Gasteiger partial charge on any atom is -0.492 e. The van der Waals surface area contributed by atoms with Gasteiger partial charge in [0.25, 0.3) is 6.43 Å². The summed E-state index contributed by atoms with van der Waals surface area (Å²) in [6, 6.07) is 13.1. The van der Waals surface area contributed by atoms with Crippen LogP contribution in [0.3, 0.4) is 0 Å². The number of carbonyl (C=O) groups is 1. The van der Waals surface area contributed by atoms with Gasteiger partial charge in [-0.05, 0) is 42.5 Å². The summed E-state index contributed by atoms with van der Waals surface area (Å²) in [4.78, 5) is 11.0. The fourth-order valence-corrected chi connectivity index (χ4v) is 3.19. The SMILES string of the molecule is CC(=O)Nc1ccc(OCCn2c(C(F)F)cc3c(Cl)c(C#N)ccc32)cc1. The molecule has 8 heteroatoms. The van der Waals surface area contributed by atoms with E-state index >= 15 is 0 Å². The van der Waals surface area contributed by atoms with Crippen molar-refractivity contribution in [3.8, 4) is 11.8 Å². The second kappa shape index (κ2) is 8.28. The van der Waals surface area contributed by atoms with E-state index in [9.17, 15) is 13.6 Å². The van der Waals surface area contributed by atoms with Crippen molar-refractivity contribution in [3.63, 3.8) is 0 Å². The Morgan fingerprint density at radius 1 is 1.29 bits per heavy atom. The number of rotatable bonds is 6. The summed E-state index contributed by atoms with van der Waals surface area (Å²) in [7, 11) is 0.